The minimum absolute atomic E-state index is 0.0990. The minimum atomic E-state index is -2.78. The fourth-order valence-corrected chi connectivity index (χ4v) is 4.86. The molecule has 4 rings (SSSR count). The number of nitrogens with zero attached hydrogens (tertiary/aromatic N) is 3. The Morgan fingerprint density at radius 1 is 1.20 bits per heavy atom. The standard InChI is InChI=1S/C26H30F2N4O3/c1-14-10-20(18(5)29-21-9-7-6-8-19(21)25(34)35)23-30-22(17(4)24(33)32(23)11-14)31-12-15(2)26(27,28)16(3)13-31/h6-11,15-16,18,29H,12-13H2,1-5H3,(H,34,35)/t15-,16+,18?. The molecule has 2 N–H and O–H groups in total. The van der Waals surface area contributed by atoms with Gasteiger partial charge < -0.3 is 15.3 Å². The summed E-state index contributed by atoms with van der Waals surface area (Å²) in [5, 5.41) is 12.8. The van der Waals surface area contributed by atoms with Crippen molar-refractivity contribution in [3.63, 3.8) is 0 Å². The molecule has 1 aliphatic heterocycles. The molecule has 0 aliphatic carbocycles. The van der Waals surface area contributed by atoms with Crippen LogP contribution in [-0.4, -0.2) is 39.5 Å². The summed E-state index contributed by atoms with van der Waals surface area (Å²) in [7, 11) is 0. The first-order valence-electron chi connectivity index (χ1n) is 11.7. The molecular formula is C26H30F2N4O3. The number of carbonyl (C=O) groups is 1. The number of anilines is 2. The molecule has 0 amide bonds. The molecule has 1 aromatic carbocycles. The Morgan fingerprint density at radius 2 is 1.83 bits per heavy atom. The van der Waals surface area contributed by atoms with Crippen molar-refractivity contribution in [2.75, 3.05) is 23.3 Å². The topological polar surface area (TPSA) is 86.9 Å². The van der Waals surface area contributed by atoms with Gasteiger partial charge in [-0.3, -0.25) is 9.20 Å². The zero-order valence-electron chi connectivity index (χ0n) is 20.5. The van der Waals surface area contributed by atoms with Gasteiger partial charge in [-0.1, -0.05) is 26.0 Å². The van der Waals surface area contributed by atoms with Crippen LogP contribution >= 0.6 is 0 Å². The van der Waals surface area contributed by atoms with Crippen LogP contribution in [0.5, 0.6) is 0 Å². The monoisotopic (exact) mass is 484 g/mol. The lowest BCUT2D eigenvalue weighted by atomic mass is 9.87. The maximum atomic E-state index is 14.5. The minimum Gasteiger partial charge on any atom is -0.478 e. The molecule has 1 saturated heterocycles. The maximum absolute atomic E-state index is 14.5. The number of para-hydroxylation sites is 1. The molecule has 1 aliphatic rings. The molecule has 3 aromatic rings. The van der Waals surface area contributed by atoms with Gasteiger partial charge in [0.05, 0.1) is 17.2 Å². The Hall–Kier alpha value is -3.49. The van der Waals surface area contributed by atoms with Crippen molar-refractivity contribution in [3.05, 3.63) is 69.1 Å². The number of nitrogens with one attached hydrogen (secondary N) is 1. The van der Waals surface area contributed by atoms with Crippen molar-refractivity contribution in [1.29, 1.82) is 0 Å². The lowest BCUT2D eigenvalue weighted by Gasteiger charge is -2.42. The highest BCUT2D eigenvalue weighted by molar-refractivity contribution is 5.94. The molecule has 3 heterocycles. The van der Waals surface area contributed by atoms with Crippen LogP contribution in [0.4, 0.5) is 20.3 Å². The second kappa shape index (κ2) is 8.94. The third kappa shape index (κ3) is 4.35. The number of aromatic nitrogens is 2. The third-order valence-electron chi connectivity index (χ3n) is 6.89. The van der Waals surface area contributed by atoms with Gasteiger partial charge in [-0.05, 0) is 44.5 Å². The first-order chi connectivity index (χ1) is 16.4. The summed E-state index contributed by atoms with van der Waals surface area (Å²) in [6.45, 7) is 8.64. The second-order valence-electron chi connectivity index (χ2n) is 9.63. The van der Waals surface area contributed by atoms with Gasteiger partial charge in [-0.25, -0.2) is 18.6 Å². The van der Waals surface area contributed by atoms with Crippen LogP contribution in [0.1, 0.15) is 53.9 Å². The number of alkyl halides is 2. The van der Waals surface area contributed by atoms with Crippen LogP contribution in [0.3, 0.4) is 0 Å². The first kappa shape index (κ1) is 24.6. The third-order valence-corrected chi connectivity index (χ3v) is 6.89. The predicted molar refractivity (Wildman–Crippen MR) is 132 cm³/mol. The van der Waals surface area contributed by atoms with Gasteiger partial charge in [-0.15, -0.1) is 0 Å². The summed E-state index contributed by atoms with van der Waals surface area (Å²) in [6, 6.07) is 8.11. The number of hydrogen-bond acceptors (Lipinski definition) is 5. The highest BCUT2D eigenvalue weighted by Crippen LogP contribution is 2.39. The highest BCUT2D eigenvalue weighted by Gasteiger charge is 2.47. The quantitative estimate of drug-likeness (QED) is 0.535. The smallest absolute Gasteiger partial charge is 0.337 e. The molecule has 1 unspecified atom stereocenters. The number of hydrogen-bond donors (Lipinski definition) is 2. The Labute approximate surface area is 202 Å². The first-order valence-corrected chi connectivity index (χ1v) is 11.7. The molecule has 7 nitrogen and oxygen atoms in total. The van der Waals surface area contributed by atoms with Crippen molar-refractivity contribution >= 4 is 23.1 Å². The van der Waals surface area contributed by atoms with Crippen LogP contribution in [0.15, 0.2) is 41.3 Å². The molecule has 2 aromatic heterocycles. The molecular weight excluding hydrogens is 454 g/mol. The summed E-state index contributed by atoms with van der Waals surface area (Å²) < 4.78 is 30.4. The van der Waals surface area contributed by atoms with E-state index in [2.05, 4.69) is 5.32 Å². The van der Waals surface area contributed by atoms with Gasteiger partial charge >= 0.3 is 5.97 Å². The summed E-state index contributed by atoms with van der Waals surface area (Å²) in [4.78, 5) is 31.6. The summed E-state index contributed by atoms with van der Waals surface area (Å²) in [5.74, 6) is -5.18. The molecule has 186 valence electrons. The largest absolute Gasteiger partial charge is 0.478 e. The second-order valence-corrected chi connectivity index (χ2v) is 9.63. The Kier molecular flexibility index (Phi) is 6.29. The summed E-state index contributed by atoms with van der Waals surface area (Å²) >= 11 is 0. The van der Waals surface area contributed by atoms with Crippen LogP contribution in [0, 0.1) is 25.7 Å². The lowest BCUT2D eigenvalue weighted by Crippen LogP contribution is -2.52. The molecule has 35 heavy (non-hydrogen) atoms. The van der Waals surface area contributed by atoms with E-state index in [4.69, 9.17) is 4.98 Å². The fraction of sp³-hybridized carbons (Fsp3) is 0.423. The normalized spacial score (nSPS) is 20.6. The number of aryl methyl sites for hydroxylation is 1. The molecule has 0 spiro atoms. The molecule has 0 radical (unpaired) electrons. The molecule has 0 saturated carbocycles. The van der Waals surface area contributed by atoms with Crippen molar-refractivity contribution in [3.8, 4) is 0 Å². The number of carboxylic acid groups (broad SMARTS) is 1. The van der Waals surface area contributed by atoms with Gasteiger partial charge in [0.2, 0.25) is 0 Å². The number of pyridine rings is 1. The zero-order valence-corrected chi connectivity index (χ0v) is 20.5. The zero-order chi connectivity index (χ0) is 25.7. The van der Waals surface area contributed by atoms with E-state index in [0.717, 1.165) is 5.56 Å². The van der Waals surface area contributed by atoms with E-state index in [1.54, 1.807) is 36.2 Å². The number of benzene rings is 1. The van der Waals surface area contributed by atoms with E-state index in [9.17, 15) is 23.5 Å². The average Bonchev–Trinajstić information content (AvgIpc) is 2.80. The number of rotatable bonds is 5. The average molecular weight is 485 g/mol. The number of fused-ring (bicyclic) bond motifs is 1. The SMILES string of the molecule is Cc1cc(C(C)Nc2ccccc2C(=O)O)c2nc(N3C[C@@H](C)C(F)(F)[C@@H](C)C3)c(C)c(=O)n2c1. The van der Waals surface area contributed by atoms with Crippen LogP contribution < -0.4 is 15.8 Å². The number of aromatic carboxylic acids is 1. The van der Waals surface area contributed by atoms with Gasteiger partial charge in [-0.2, -0.15) is 0 Å². The molecule has 3 atom stereocenters. The lowest BCUT2D eigenvalue weighted by molar-refractivity contribution is -0.105. The van der Waals surface area contributed by atoms with Crippen molar-refractivity contribution < 1.29 is 18.7 Å². The van der Waals surface area contributed by atoms with Gasteiger partial charge in [0.25, 0.3) is 11.5 Å². The van der Waals surface area contributed by atoms with Crippen molar-refractivity contribution in [2.24, 2.45) is 11.8 Å². The molecule has 0 bridgehead atoms. The van der Waals surface area contributed by atoms with E-state index in [0.29, 0.717) is 28.3 Å². The maximum Gasteiger partial charge on any atom is 0.337 e. The Bertz CT molecular complexity index is 1340. The number of carboxylic acids is 1. The highest BCUT2D eigenvalue weighted by atomic mass is 19.3. The Morgan fingerprint density at radius 3 is 2.46 bits per heavy atom. The van der Waals surface area contributed by atoms with Crippen LogP contribution in [-0.2, 0) is 0 Å². The van der Waals surface area contributed by atoms with Gasteiger partial charge in [0, 0.05) is 42.4 Å². The van der Waals surface area contributed by atoms with E-state index in [1.165, 1.54) is 24.3 Å². The molecule has 9 heteroatoms. The molecule has 1 fully saturated rings. The van der Waals surface area contributed by atoms with Crippen LogP contribution in [0.2, 0.25) is 0 Å². The van der Waals surface area contributed by atoms with Gasteiger partial charge in [0.1, 0.15) is 11.5 Å². The van der Waals surface area contributed by atoms with Crippen molar-refractivity contribution in [2.45, 2.75) is 46.6 Å². The van der Waals surface area contributed by atoms with E-state index in [-0.39, 0.29) is 24.2 Å². The van der Waals surface area contributed by atoms with E-state index >= 15 is 0 Å². The number of piperidine rings is 1. The van der Waals surface area contributed by atoms with E-state index < -0.39 is 29.8 Å². The van der Waals surface area contributed by atoms with Crippen molar-refractivity contribution in [1.82, 2.24) is 9.38 Å². The van der Waals surface area contributed by atoms with E-state index in [1.807, 2.05) is 19.9 Å². The Balaban J connectivity index is 1.82. The fourth-order valence-electron chi connectivity index (χ4n) is 4.86. The van der Waals surface area contributed by atoms with Crippen LogP contribution in [0.25, 0.3) is 5.65 Å². The summed E-state index contributed by atoms with van der Waals surface area (Å²) in [6.07, 6.45) is 1.71. The predicted octanol–water partition coefficient (Wildman–Crippen LogP) is 4.91. The van der Waals surface area contributed by atoms with Gasteiger partial charge in [0.15, 0.2) is 0 Å². The summed E-state index contributed by atoms with van der Waals surface area (Å²) in [5.41, 5.74) is 2.67. The number of halogens is 2.